The van der Waals surface area contributed by atoms with Gasteiger partial charge < -0.3 is 15.3 Å². The van der Waals surface area contributed by atoms with Crippen LogP contribution in [0.3, 0.4) is 0 Å². The van der Waals surface area contributed by atoms with Crippen LogP contribution in [0.1, 0.15) is 5.56 Å². The molecule has 0 radical (unpaired) electrons. The summed E-state index contributed by atoms with van der Waals surface area (Å²) in [5.74, 6) is -0.919. The molecular formula is C12H16ClFN2O. The molecule has 1 aliphatic rings. The zero-order valence-electron chi connectivity index (χ0n) is 9.55. The maximum Gasteiger partial charge on any atom is 0.165 e. The van der Waals surface area contributed by atoms with E-state index in [9.17, 15) is 9.50 Å². The number of hydrogen-bond acceptors (Lipinski definition) is 3. The van der Waals surface area contributed by atoms with E-state index in [1.807, 2.05) is 0 Å². The Hall–Kier alpha value is -0.840. The highest BCUT2D eigenvalue weighted by Crippen LogP contribution is 2.28. The van der Waals surface area contributed by atoms with Crippen LogP contribution in [-0.4, -0.2) is 42.7 Å². The second-order valence-corrected chi connectivity index (χ2v) is 4.61. The van der Waals surface area contributed by atoms with Crippen molar-refractivity contribution in [2.45, 2.75) is 6.42 Å². The number of piperazine rings is 1. The Bertz CT molecular complexity index is 394. The molecule has 1 aliphatic heterocycles. The van der Waals surface area contributed by atoms with E-state index in [1.54, 1.807) is 0 Å². The minimum Gasteiger partial charge on any atom is -0.505 e. The molecule has 0 saturated carbocycles. The van der Waals surface area contributed by atoms with Gasteiger partial charge in [0.1, 0.15) is 0 Å². The van der Waals surface area contributed by atoms with Crippen LogP contribution in [0.2, 0.25) is 5.02 Å². The molecule has 1 aromatic carbocycles. The number of phenols is 1. The predicted octanol–water partition coefficient (Wildman–Crippen LogP) is 1.63. The molecule has 0 aliphatic carbocycles. The number of nitrogens with zero attached hydrogens (tertiary/aromatic N) is 1. The van der Waals surface area contributed by atoms with E-state index < -0.39 is 5.82 Å². The minimum absolute atomic E-state index is 0.312. The maximum absolute atomic E-state index is 13.2. The summed E-state index contributed by atoms with van der Waals surface area (Å²) in [7, 11) is 0. The van der Waals surface area contributed by atoms with Crippen LogP contribution in [0.5, 0.6) is 5.75 Å². The number of rotatable bonds is 3. The fourth-order valence-electron chi connectivity index (χ4n) is 2.03. The number of phenolic OH excluding ortho intramolecular Hbond substituents is 1. The number of aromatic hydroxyl groups is 1. The fourth-order valence-corrected chi connectivity index (χ4v) is 2.27. The van der Waals surface area contributed by atoms with Crippen molar-refractivity contribution in [3.63, 3.8) is 0 Å². The van der Waals surface area contributed by atoms with Crippen molar-refractivity contribution in [3.05, 3.63) is 28.5 Å². The normalized spacial score (nSPS) is 17.3. The lowest BCUT2D eigenvalue weighted by atomic mass is 10.1. The second-order valence-electron chi connectivity index (χ2n) is 4.20. The molecule has 1 aromatic rings. The third-order valence-corrected chi connectivity index (χ3v) is 3.42. The van der Waals surface area contributed by atoms with Crippen LogP contribution < -0.4 is 5.32 Å². The van der Waals surface area contributed by atoms with Gasteiger partial charge in [0.05, 0.1) is 0 Å². The molecule has 0 aromatic heterocycles. The van der Waals surface area contributed by atoms with E-state index in [0.29, 0.717) is 17.0 Å². The zero-order valence-corrected chi connectivity index (χ0v) is 10.3. The van der Waals surface area contributed by atoms with Crippen LogP contribution in [0.15, 0.2) is 12.1 Å². The molecule has 5 heteroatoms. The first-order valence-electron chi connectivity index (χ1n) is 5.77. The molecule has 0 bridgehead atoms. The van der Waals surface area contributed by atoms with Gasteiger partial charge in [-0.15, -0.1) is 0 Å². The Morgan fingerprint density at radius 2 is 2.06 bits per heavy atom. The lowest BCUT2D eigenvalue weighted by Crippen LogP contribution is -2.44. The van der Waals surface area contributed by atoms with Crippen LogP contribution in [-0.2, 0) is 6.42 Å². The summed E-state index contributed by atoms with van der Waals surface area (Å²) in [4.78, 5) is 2.27. The van der Waals surface area contributed by atoms with Gasteiger partial charge in [0.25, 0.3) is 0 Å². The van der Waals surface area contributed by atoms with Gasteiger partial charge in [-0.2, -0.15) is 0 Å². The summed E-state index contributed by atoms with van der Waals surface area (Å²) in [6, 6.07) is 2.68. The van der Waals surface area contributed by atoms with Gasteiger partial charge in [-0.25, -0.2) is 4.39 Å². The van der Waals surface area contributed by atoms with E-state index in [0.717, 1.165) is 32.7 Å². The van der Waals surface area contributed by atoms with Crippen LogP contribution in [0.25, 0.3) is 0 Å². The molecule has 94 valence electrons. The summed E-state index contributed by atoms with van der Waals surface area (Å²) in [5.41, 5.74) is 0.505. The largest absolute Gasteiger partial charge is 0.505 e. The first-order valence-corrected chi connectivity index (χ1v) is 6.15. The zero-order chi connectivity index (χ0) is 12.3. The Balaban J connectivity index is 2.00. The lowest BCUT2D eigenvalue weighted by Gasteiger charge is -2.27. The highest BCUT2D eigenvalue weighted by molar-refractivity contribution is 6.31. The van der Waals surface area contributed by atoms with Crippen molar-refractivity contribution in [1.82, 2.24) is 10.2 Å². The lowest BCUT2D eigenvalue weighted by molar-refractivity contribution is 0.243. The van der Waals surface area contributed by atoms with Crippen molar-refractivity contribution >= 4 is 11.6 Å². The average Bonchev–Trinajstić information content (AvgIpc) is 2.35. The van der Waals surface area contributed by atoms with Gasteiger partial charge in [-0.1, -0.05) is 11.6 Å². The van der Waals surface area contributed by atoms with E-state index in [4.69, 9.17) is 11.6 Å². The molecule has 17 heavy (non-hydrogen) atoms. The number of benzene rings is 1. The molecular weight excluding hydrogens is 243 g/mol. The summed E-state index contributed by atoms with van der Waals surface area (Å²) in [6.07, 6.45) is 0.572. The first kappa shape index (κ1) is 12.6. The predicted molar refractivity (Wildman–Crippen MR) is 66.1 cm³/mol. The van der Waals surface area contributed by atoms with E-state index >= 15 is 0 Å². The van der Waals surface area contributed by atoms with Crippen LogP contribution in [0.4, 0.5) is 4.39 Å². The third kappa shape index (κ3) is 3.09. The molecule has 0 atom stereocenters. The van der Waals surface area contributed by atoms with Crippen molar-refractivity contribution in [2.24, 2.45) is 0 Å². The van der Waals surface area contributed by atoms with E-state index in [2.05, 4.69) is 10.2 Å². The Morgan fingerprint density at radius 3 is 2.76 bits per heavy atom. The average molecular weight is 259 g/mol. The monoisotopic (exact) mass is 258 g/mol. The number of hydrogen-bond donors (Lipinski definition) is 2. The topological polar surface area (TPSA) is 35.5 Å². The molecule has 0 spiro atoms. The number of nitrogens with one attached hydrogen (secondary N) is 1. The Morgan fingerprint density at radius 1 is 1.35 bits per heavy atom. The van der Waals surface area contributed by atoms with Crippen LogP contribution >= 0.6 is 11.6 Å². The minimum atomic E-state index is -0.607. The van der Waals surface area contributed by atoms with Crippen molar-refractivity contribution in [2.75, 3.05) is 32.7 Å². The molecule has 1 saturated heterocycles. The third-order valence-electron chi connectivity index (χ3n) is 3.06. The highest BCUT2D eigenvalue weighted by atomic mass is 35.5. The van der Waals surface area contributed by atoms with Gasteiger partial charge in [0.2, 0.25) is 0 Å². The summed E-state index contributed by atoms with van der Waals surface area (Å²) < 4.78 is 13.2. The molecule has 0 unspecified atom stereocenters. The molecule has 0 amide bonds. The summed E-state index contributed by atoms with van der Waals surface area (Å²) in [6.45, 7) is 4.70. The van der Waals surface area contributed by atoms with Crippen LogP contribution in [0, 0.1) is 5.82 Å². The Kier molecular flexibility index (Phi) is 4.20. The van der Waals surface area contributed by atoms with Gasteiger partial charge in [-0.3, -0.25) is 0 Å². The van der Waals surface area contributed by atoms with E-state index in [1.165, 1.54) is 12.1 Å². The van der Waals surface area contributed by atoms with E-state index in [-0.39, 0.29) is 5.75 Å². The first-order chi connectivity index (χ1) is 8.18. The maximum atomic E-state index is 13.2. The van der Waals surface area contributed by atoms with Gasteiger partial charge in [0.15, 0.2) is 11.6 Å². The van der Waals surface area contributed by atoms with Crippen molar-refractivity contribution in [3.8, 4) is 5.75 Å². The summed E-state index contributed by atoms with van der Waals surface area (Å²) >= 11 is 5.96. The second kappa shape index (κ2) is 5.67. The quantitative estimate of drug-likeness (QED) is 0.865. The molecule has 2 N–H and O–H groups in total. The smallest absolute Gasteiger partial charge is 0.165 e. The molecule has 3 nitrogen and oxygen atoms in total. The standard InChI is InChI=1S/C12H16ClFN2O/c13-10-1-2-11(14)12(17)9(10)3-6-16-7-4-15-5-8-16/h1-2,15,17H,3-8H2. The summed E-state index contributed by atoms with van der Waals surface area (Å²) in [5, 5.41) is 13.3. The van der Waals surface area contributed by atoms with Crippen molar-refractivity contribution in [1.29, 1.82) is 0 Å². The fraction of sp³-hybridized carbons (Fsp3) is 0.500. The SMILES string of the molecule is Oc1c(F)ccc(Cl)c1CCN1CCNCC1. The highest BCUT2D eigenvalue weighted by Gasteiger charge is 2.14. The molecule has 1 fully saturated rings. The van der Waals surface area contributed by atoms with Gasteiger partial charge >= 0.3 is 0 Å². The molecule has 2 rings (SSSR count). The van der Waals surface area contributed by atoms with Gasteiger partial charge in [-0.05, 0) is 18.6 Å². The Labute approximate surface area is 105 Å². The van der Waals surface area contributed by atoms with Gasteiger partial charge in [0, 0.05) is 43.3 Å². The van der Waals surface area contributed by atoms with Crippen molar-refractivity contribution < 1.29 is 9.50 Å². The molecule has 1 heterocycles. The number of halogens is 2.